The van der Waals surface area contributed by atoms with Gasteiger partial charge in [0.05, 0.1) is 33.2 Å². The number of nitrogen functional groups attached to an aromatic ring is 1. The number of likely N-dealkylation sites (N-methyl/N-ethyl adjacent to an activating group) is 1. The molecule has 4 N–H and O–H groups in total. The fraction of sp³-hybridized carbons (Fsp3) is 0.462. The molecule has 5 nitrogen and oxygen atoms in total. The molecule has 1 saturated heterocycles. The van der Waals surface area contributed by atoms with E-state index in [1.807, 2.05) is 24.3 Å². The van der Waals surface area contributed by atoms with Crippen molar-refractivity contribution in [3.63, 3.8) is 0 Å². The van der Waals surface area contributed by atoms with Gasteiger partial charge in [0, 0.05) is 11.4 Å². The Morgan fingerprint density at radius 1 is 1.28 bits per heavy atom. The summed E-state index contributed by atoms with van der Waals surface area (Å²) in [6.45, 7) is 4.18. The van der Waals surface area contributed by atoms with Crippen LogP contribution in [0.25, 0.3) is 0 Å². The van der Waals surface area contributed by atoms with E-state index in [-0.39, 0.29) is 5.91 Å². The number of hydrogen-bond acceptors (Lipinski definition) is 3. The summed E-state index contributed by atoms with van der Waals surface area (Å²) >= 11 is 0. The van der Waals surface area contributed by atoms with Gasteiger partial charge in [0.2, 0.25) is 0 Å². The van der Waals surface area contributed by atoms with Crippen LogP contribution >= 0.6 is 0 Å². The van der Waals surface area contributed by atoms with Crippen molar-refractivity contribution in [1.82, 2.24) is 0 Å². The van der Waals surface area contributed by atoms with E-state index in [9.17, 15) is 4.79 Å². The molecule has 18 heavy (non-hydrogen) atoms. The van der Waals surface area contributed by atoms with Crippen molar-refractivity contribution in [3.05, 3.63) is 24.3 Å². The zero-order valence-corrected chi connectivity index (χ0v) is 10.8. The number of carbonyl (C=O) groups excluding carboxylic acids is 1. The Balaban J connectivity index is 1.98. The van der Waals surface area contributed by atoms with Crippen molar-refractivity contribution < 1.29 is 9.28 Å². The molecule has 5 heteroatoms. The van der Waals surface area contributed by atoms with Crippen molar-refractivity contribution >= 4 is 17.3 Å². The van der Waals surface area contributed by atoms with E-state index in [1.165, 1.54) is 5.69 Å². The van der Waals surface area contributed by atoms with Crippen molar-refractivity contribution in [2.24, 2.45) is 5.73 Å². The van der Waals surface area contributed by atoms with Gasteiger partial charge in [0.25, 0.3) is 5.91 Å². The zero-order chi connectivity index (χ0) is 13.2. The lowest BCUT2D eigenvalue weighted by Crippen LogP contribution is -2.59. The SMILES string of the molecule is C[N+]1(CC(N)=O)CCN(c2ccc(N)cc2)CC1. The fourth-order valence-electron chi connectivity index (χ4n) is 2.43. The number of benzene rings is 1. The fourth-order valence-corrected chi connectivity index (χ4v) is 2.43. The molecule has 1 aromatic rings. The van der Waals surface area contributed by atoms with Crippen LogP contribution < -0.4 is 16.4 Å². The van der Waals surface area contributed by atoms with Gasteiger partial charge in [-0.1, -0.05) is 0 Å². The standard InChI is InChI=1S/C13H20N4O/c1-17(10-13(15)18)8-6-16(7-9-17)12-4-2-11(14)3-5-12/h2-5H,6-10,14H2,1H3,(H-,15,18)/p+1. The van der Waals surface area contributed by atoms with Gasteiger partial charge in [-0.15, -0.1) is 0 Å². The predicted molar refractivity (Wildman–Crippen MR) is 73.0 cm³/mol. The summed E-state index contributed by atoms with van der Waals surface area (Å²) in [6.07, 6.45) is 0. The summed E-state index contributed by atoms with van der Waals surface area (Å²) in [4.78, 5) is 13.4. The van der Waals surface area contributed by atoms with Gasteiger partial charge < -0.3 is 20.9 Å². The Morgan fingerprint density at radius 3 is 2.33 bits per heavy atom. The Bertz CT molecular complexity index is 421. The number of anilines is 2. The van der Waals surface area contributed by atoms with E-state index in [4.69, 9.17) is 11.5 Å². The third-order valence-electron chi connectivity index (χ3n) is 3.62. The molecule has 0 saturated carbocycles. The van der Waals surface area contributed by atoms with Gasteiger partial charge in [-0.2, -0.15) is 0 Å². The molecule has 0 aliphatic carbocycles. The van der Waals surface area contributed by atoms with E-state index in [1.54, 1.807) is 0 Å². The molecule has 0 bridgehead atoms. The van der Waals surface area contributed by atoms with Gasteiger partial charge in [-0.25, -0.2) is 0 Å². The minimum Gasteiger partial charge on any atom is -0.399 e. The number of rotatable bonds is 3. The average molecular weight is 249 g/mol. The molecular formula is C13H21N4O+. The molecule has 0 radical (unpaired) electrons. The molecule has 1 aromatic carbocycles. The first-order valence-corrected chi connectivity index (χ1v) is 6.21. The van der Waals surface area contributed by atoms with Crippen molar-refractivity contribution in [2.45, 2.75) is 0 Å². The monoisotopic (exact) mass is 249 g/mol. The highest BCUT2D eigenvalue weighted by atomic mass is 16.1. The van der Waals surface area contributed by atoms with Crippen molar-refractivity contribution in [1.29, 1.82) is 0 Å². The van der Waals surface area contributed by atoms with E-state index in [0.29, 0.717) is 6.54 Å². The number of nitrogens with zero attached hydrogens (tertiary/aromatic N) is 2. The molecule has 1 aliphatic heterocycles. The topological polar surface area (TPSA) is 72.4 Å². The number of primary amides is 1. The van der Waals surface area contributed by atoms with Gasteiger partial charge >= 0.3 is 0 Å². The molecule has 0 spiro atoms. The van der Waals surface area contributed by atoms with Gasteiger partial charge in [0.15, 0.2) is 6.54 Å². The van der Waals surface area contributed by atoms with E-state index >= 15 is 0 Å². The summed E-state index contributed by atoms with van der Waals surface area (Å²) in [6, 6.07) is 7.92. The number of carbonyl (C=O) groups is 1. The quantitative estimate of drug-likeness (QED) is 0.586. The number of nitrogens with two attached hydrogens (primary N) is 2. The number of quaternary nitrogens is 1. The molecule has 2 rings (SSSR count). The van der Waals surface area contributed by atoms with Gasteiger partial charge in [-0.3, -0.25) is 4.79 Å². The molecule has 1 aliphatic rings. The first kappa shape index (κ1) is 12.7. The maximum absolute atomic E-state index is 11.0. The predicted octanol–water partition coefficient (Wildman–Crippen LogP) is 0.0207. The lowest BCUT2D eigenvalue weighted by atomic mass is 10.2. The second-order valence-electron chi connectivity index (χ2n) is 5.27. The van der Waals surface area contributed by atoms with Crippen LogP contribution in [0.2, 0.25) is 0 Å². The third kappa shape index (κ3) is 2.92. The normalized spacial score (nSPS) is 18.6. The number of hydrogen-bond donors (Lipinski definition) is 2. The van der Waals surface area contributed by atoms with E-state index in [0.717, 1.165) is 36.3 Å². The largest absolute Gasteiger partial charge is 0.399 e. The Morgan fingerprint density at radius 2 is 1.83 bits per heavy atom. The first-order valence-electron chi connectivity index (χ1n) is 6.21. The zero-order valence-electron chi connectivity index (χ0n) is 10.8. The van der Waals surface area contributed by atoms with E-state index in [2.05, 4.69) is 11.9 Å². The first-order chi connectivity index (χ1) is 8.48. The van der Waals surface area contributed by atoms with Crippen molar-refractivity contribution in [2.75, 3.05) is 50.4 Å². The summed E-state index contributed by atoms with van der Waals surface area (Å²) in [5, 5.41) is 0. The van der Waals surface area contributed by atoms with Crippen LogP contribution in [-0.2, 0) is 4.79 Å². The summed E-state index contributed by atoms with van der Waals surface area (Å²) in [7, 11) is 2.09. The Labute approximate surface area is 108 Å². The van der Waals surface area contributed by atoms with Crippen LogP contribution in [0.5, 0.6) is 0 Å². The molecule has 1 fully saturated rings. The highest BCUT2D eigenvalue weighted by Crippen LogP contribution is 2.19. The summed E-state index contributed by atoms with van der Waals surface area (Å²) in [5.41, 5.74) is 12.9. The number of amides is 1. The van der Waals surface area contributed by atoms with E-state index < -0.39 is 0 Å². The Hall–Kier alpha value is -1.75. The van der Waals surface area contributed by atoms with Crippen LogP contribution in [0.15, 0.2) is 24.3 Å². The maximum Gasteiger partial charge on any atom is 0.272 e. The van der Waals surface area contributed by atoms with Crippen LogP contribution in [-0.4, -0.2) is 50.2 Å². The molecule has 1 amide bonds. The molecule has 0 atom stereocenters. The second-order valence-corrected chi connectivity index (χ2v) is 5.27. The minimum absolute atomic E-state index is 0.224. The summed E-state index contributed by atoms with van der Waals surface area (Å²) in [5.74, 6) is -0.224. The molecule has 0 unspecified atom stereocenters. The van der Waals surface area contributed by atoms with Crippen LogP contribution in [0.3, 0.4) is 0 Å². The minimum atomic E-state index is -0.224. The average Bonchev–Trinajstić information content (AvgIpc) is 2.30. The maximum atomic E-state index is 11.0. The van der Waals surface area contributed by atoms with Crippen molar-refractivity contribution in [3.8, 4) is 0 Å². The van der Waals surface area contributed by atoms with Crippen LogP contribution in [0.1, 0.15) is 0 Å². The highest BCUT2D eigenvalue weighted by Gasteiger charge is 2.30. The molecule has 1 heterocycles. The lowest BCUT2D eigenvalue weighted by Gasteiger charge is -2.42. The Kier molecular flexibility index (Phi) is 3.43. The molecule has 0 aromatic heterocycles. The van der Waals surface area contributed by atoms with Crippen LogP contribution in [0, 0.1) is 0 Å². The third-order valence-corrected chi connectivity index (χ3v) is 3.62. The number of piperazine rings is 1. The highest BCUT2D eigenvalue weighted by molar-refractivity contribution is 5.74. The van der Waals surface area contributed by atoms with Gasteiger partial charge in [0.1, 0.15) is 0 Å². The lowest BCUT2D eigenvalue weighted by molar-refractivity contribution is -0.902. The smallest absolute Gasteiger partial charge is 0.272 e. The molecular weight excluding hydrogens is 228 g/mol. The van der Waals surface area contributed by atoms with Gasteiger partial charge in [-0.05, 0) is 24.3 Å². The summed E-state index contributed by atoms with van der Waals surface area (Å²) < 4.78 is 0.737. The van der Waals surface area contributed by atoms with Crippen LogP contribution in [0.4, 0.5) is 11.4 Å². The molecule has 98 valence electrons. The second kappa shape index (κ2) is 4.86.